The molecule has 0 aliphatic heterocycles. The standard InChI is InChI=1S/C40H53N11O12/c1-46-15-6-25(29(52)37(46)60)33(56)42-11-19-50(20-12-43-34(57)26-7-16-47(2)38(61)30(26)53)23-24(5-10-41)51(21-13-44-35(58)27-8-17-48(3)39(62)31(27)54)22-14-45-36(59)28-9-18-49(4)40(63)32(28)55/h6-9,15-18,24,52-55H,5,10-14,19-23,41H2,1-4H3,(H,42,56)(H,43,57)(H,44,58)(H,45,59). The van der Waals surface area contributed by atoms with Crippen LogP contribution in [0.2, 0.25) is 0 Å². The van der Waals surface area contributed by atoms with Crippen molar-refractivity contribution in [1.29, 1.82) is 0 Å². The van der Waals surface area contributed by atoms with Crippen molar-refractivity contribution in [3.8, 4) is 23.0 Å². The third kappa shape index (κ3) is 12.2. The van der Waals surface area contributed by atoms with Gasteiger partial charge in [-0.05, 0) is 37.2 Å². The fourth-order valence-electron chi connectivity index (χ4n) is 6.51. The third-order valence-electron chi connectivity index (χ3n) is 10.2. The number of aryl methyl sites for hydroxylation is 4. The van der Waals surface area contributed by atoms with Gasteiger partial charge in [-0.1, -0.05) is 0 Å². The number of carbonyl (C=O) groups is 4. The van der Waals surface area contributed by atoms with Crippen LogP contribution >= 0.6 is 0 Å². The number of aromatic nitrogens is 4. The molecule has 63 heavy (non-hydrogen) atoms. The van der Waals surface area contributed by atoms with Crippen LogP contribution in [0, 0.1) is 0 Å². The van der Waals surface area contributed by atoms with Crippen molar-refractivity contribution in [2.24, 2.45) is 33.9 Å². The van der Waals surface area contributed by atoms with E-state index < -0.39 is 74.9 Å². The first kappa shape index (κ1) is 48.4. The number of hydrogen-bond donors (Lipinski definition) is 9. The maximum atomic E-state index is 13.1. The summed E-state index contributed by atoms with van der Waals surface area (Å²) in [6, 6.07) is 4.70. The summed E-state index contributed by atoms with van der Waals surface area (Å²) in [6.45, 7) is 0.805. The van der Waals surface area contributed by atoms with Gasteiger partial charge in [-0.3, -0.25) is 48.2 Å². The predicted octanol–water partition coefficient (Wildman–Crippen LogP) is -3.35. The molecule has 0 bridgehead atoms. The lowest BCUT2D eigenvalue weighted by molar-refractivity contribution is 0.0889. The highest BCUT2D eigenvalue weighted by atomic mass is 16.3. The maximum absolute atomic E-state index is 13.1. The van der Waals surface area contributed by atoms with Crippen molar-refractivity contribution in [2.75, 3.05) is 65.4 Å². The zero-order valence-corrected chi connectivity index (χ0v) is 35.3. The average molecular weight is 880 g/mol. The van der Waals surface area contributed by atoms with E-state index in [4.69, 9.17) is 5.73 Å². The van der Waals surface area contributed by atoms with Crippen LogP contribution in [0.5, 0.6) is 23.0 Å². The fourth-order valence-corrected chi connectivity index (χ4v) is 6.51. The molecule has 0 aliphatic carbocycles. The molecule has 1 unspecified atom stereocenters. The molecule has 4 aromatic heterocycles. The zero-order valence-electron chi connectivity index (χ0n) is 35.3. The number of nitrogens with zero attached hydrogens (tertiary/aromatic N) is 6. The van der Waals surface area contributed by atoms with Crippen LogP contribution in [-0.2, 0) is 28.2 Å². The molecule has 1 atom stereocenters. The molecule has 0 radical (unpaired) electrons. The summed E-state index contributed by atoms with van der Waals surface area (Å²) < 4.78 is 4.43. The number of rotatable bonds is 21. The second-order valence-electron chi connectivity index (χ2n) is 14.6. The smallest absolute Gasteiger partial charge is 0.293 e. The molecule has 0 aromatic carbocycles. The van der Waals surface area contributed by atoms with Crippen LogP contribution in [0.25, 0.3) is 0 Å². The highest BCUT2D eigenvalue weighted by Crippen LogP contribution is 2.14. The van der Waals surface area contributed by atoms with Gasteiger partial charge in [0.25, 0.3) is 45.9 Å². The molecule has 0 saturated heterocycles. The Morgan fingerprint density at radius 2 is 0.794 bits per heavy atom. The lowest BCUT2D eigenvalue weighted by atomic mass is 10.1. The van der Waals surface area contributed by atoms with Crippen LogP contribution in [0.15, 0.2) is 68.2 Å². The Labute approximate surface area is 359 Å². The van der Waals surface area contributed by atoms with Gasteiger partial charge in [0.1, 0.15) is 0 Å². The summed E-state index contributed by atoms with van der Waals surface area (Å²) in [5.74, 6) is -5.84. The molecule has 4 aromatic rings. The molecule has 4 rings (SSSR count). The molecule has 4 amide bonds. The van der Waals surface area contributed by atoms with Crippen molar-refractivity contribution in [3.05, 3.63) is 113 Å². The number of nitrogens with two attached hydrogens (primary N) is 1. The topological polar surface area (TPSA) is 318 Å². The SMILES string of the molecule is Cn1ccc(C(=O)NCCN(CCNC(=O)c2ccn(C)c(=O)c2O)CC(CCN)N(CCNC(=O)c2ccn(C)c(=O)c2O)CCNC(=O)c2ccn(C)c(=O)c2O)c(O)c1=O. The van der Waals surface area contributed by atoms with Crippen molar-refractivity contribution in [2.45, 2.75) is 12.5 Å². The van der Waals surface area contributed by atoms with Gasteiger partial charge in [0.15, 0.2) is 23.0 Å². The van der Waals surface area contributed by atoms with Crippen LogP contribution in [0.4, 0.5) is 0 Å². The number of pyridine rings is 4. The molecule has 0 spiro atoms. The Balaban J connectivity index is 1.57. The van der Waals surface area contributed by atoms with Crippen molar-refractivity contribution >= 4 is 23.6 Å². The number of hydrogen-bond acceptors (Lipinski definition) is 15. The fraction of sp³-hybridized carbons (Fsp3) is 0.400. The van der Waals surface area contributed by atoms with Crippen molar-refractivity contribution in [3.63, 3.8) is 0 Å². The van der Waals surface area contributed by atoms with E-state index in [2.05, 4.69) is 21.3 Å². The van der Waals surface area contributed by atoms with E-state index in [0.717, 1.165) is 18.3 Å². The van der Waals surface area contributed by atoms with Crippen molar-refractivity contribution in [1.82, 2.24) is 49.3 Å². The monoisotopic (exact) mass is 879 g/mol. The van der Waals surface area contributed by atoms with Gasteiger partial charge in [0, 0.05) is 118 Å². The second kappa shape index (κ2) is 22.0. The molecule has 4 heterocycles. The summed E-state index contributed by atoms with van der Waals surface area (Å²) in [5.41, 5.74) is 2.05. The van der Waals surface area contributed by atoms with Gasteiger partial charge in [-0.15, -0.1) is 0 Å². The molecule has 340 valence electrons. The zero-order chi connectivity index (χ0) is 46.5. The Morgan fingerprint density at radius 3 is 1.06 bits per heavy atom. The lowest BCUT2D eigenvalue weighted by Crippen LogP contribution is -2.51. The Morgan fingerprint density at radius 1 is 0.524 bits per heavy atom. The molecule has 0 fully saturated rings. The summed E-state index contributed by atoms with van der Waals surface area (Å²) in [7, 11) is 5.66. The molecule has 10 N–H and O–H groups in total. The molecule has 0 saturated carbocycles. The third-order valence-corrected chi connectivity index (χ3v) is 10.2. The van der Waals surface area contributed by atoms with Gasteiger partial charge in [0.05, 0.1) is 22.3 Å². The van der Waals surface area contributed by atoms with E-state index >= 15 is 0 Å². The van der Waals surface area contributed by atoms with Crippen LogP contribution in [0.1, 0.15) is 47.9 Å². The van der Waals surface area contributed by atoms with E-state index in [-0.39, 0.29) is 87.7 Å². The number of carbonyl (C=O) groups excluding carboxylic acids is 4. The van der Waals surface area contributed by atoms with Crippen LogP contribution in [0.3, 0.4) is 0 Å². The van der Waals surface area contributed by atoms with Crippen molar-refractivity contribution < 1.29 is 39.6 Å². The minimum atomic E-state index is -0.771. The number of nitrogens with one attached hydrogen (secondary N) is 4. The molecular weight excluding hydrogens is 827 g/mol. The Bertz CT molecular complexity index is 2400. The Hall–Kier alpha value is -7.24. The van der Waals surface area contributed by atoms with Gasteiger partial charge in [-0.25, -0.2) is 0 Å². The van der Waals surface area contributed by atoms with Gasteiger partial charge >= 0.3 is 0 Å². The largest absolute Gasteiger partial charge is 0.502 e. The van der Waals surface area contributed by atoms with Crippen LogP contribution in [-0.4, -0.2) is 144 Å². The molecule has 23 nitrogen and oxygen atoms in total. The second-order valence-corrected chi connectivity index (χ2v) is 14.6. The summed E-state index contributed by atoms with van der Waals surface area (Å²) in [4.78, 5) is 105. The number of aromatic hydroxyl groups is 4. The normalized spacial score (nSPS) is 11.7. The summed E-state index contributed by atoms with van der Waals surface area (Å²) >= 11 is 0. The van der Waals surface area contributed by atoms with E-state index in [9.17, 15) is 58.8 Å². The minimum Gasteiger partial charge on any atom is -0.502 e. The first-order valence-electron chi connectivity index (χ1n) is 19.7. The van der Waals surface area contributed by atoms with E-state index in [1.807, 2.05) is 9.80 Å². The number of amides is 4. The van der Waals surface area contributed by atoms with E-state index in [0.29, 0.717) is 6.42 Å². The first-order chi connectivity index (χ1) is 29.9. The van der Waals surface area contributed by atoms with Gasteiger partial charge in [-0.2, -0.15) is 0 Å². The van der Waals surface area contributed by atoms with E-state index in [1.54, 1.807) is 0 Å². The quantitative estimate of drug-likeness (QED) is 0.0395. The molecular formula is C40H53N11O12. The average Bonchev–Trinajstić information content (AvgIpc) is 3.24. The highest BCUT2D eigenvalue weighted by Gasteiger charge is 2.24. The predicted molar refractivity (Wildman–Crippen MR) is 228 cm³/mol. The first-order valence-corrected chi connectivity index (χ1v) is 19.7. The summed E-state index contributed by atoms with van der Waals surface area (Å²) in [6.07, 6.45) is 5.66. The van der Waals surface area contributed by atoms with E-state index in [1.165, 1.54) is 77.2 Å². The van der Waals surface area contributed by atoms with Gasteiger partial charge < -0.3 is 65.7 Å². The Kier molecular flexibility index (Phi) is 16.9. The molecule has 23 heteroatoms. The summed E-state index contributed by atoms with van der Waals surface area (Å²) in [5, 5.41) is 52.0. The molecule has 0 aliphatic rings. The minimum absolute atomic E-state index is 0.0154. The van der Waals surface area contributed by atoms with Crippen LogP contribution < -0.4 is 49.2 Å². The lowest BCUT2D eigenvalue weighted by Gasteiger charge is -2.36. The maximum Gasteiger partial charge on any atom is 0.293 e. The highest BCUT2D eigenvalue weighted by molar-refractivity contribution is 5.98. The van der Waals surface area contributed by atoms with Gasteiger partial charge in [0.2, 0.25) is 0 Å².